The predicted octanol–water partition coefficient (Wildman–Crippen LogP) is 3.28. The van der Waals surface area contributed by atoms with E-state index < -0.39 is 0 Å². The van der Waals surface area contributed by atoms with Crippen LogP contribution in [-0.2, 0) is 26.6 Å². The highest BCUT2D eigenvalue weighted by molar-refractivity contribution is 9.10. The van der Waals surface area contributed by atoms with Crippen molar-refractivity contribution in [2.45, 2.75) is 19.5 Å². The molecule has 1 aromatic carbocycles. The van der Waals surface area contributed by atoms with Crippen LogP contribution in [0.5, 0.6) is 0 Å². The van der Waals surface area contributed by atoms with Gasteiger partial charge in [0, 0.05) is 69.4 Å². The lowest BCUT2D eigenvalue weighted by Crippen LogP contribution is -2.39. The highest BCUT2D eigenvalue weighted by atomic mass is 79.9. The number of aliphatic imine (C=N–C) groups is 1. The molecule has 2 aromatic heterocycles. The van der Waals surface area contributed by atoms with E-state index in [1.807, 2.05) is 32.6 Å². The maximum Gasteiger partial charge on any atom is 0.193 e. The van der Waals surface area contributed by atoms with Crippen molar-refractivity contribution in [2.24, 2.45) is 12.0 Å². The Morgan fingerprint density at radius 2 is 2.07 bits per heavy atom. The maximum atomic E-state index is 4.52. The molecule has 3 rings (SSSR count). The molecule has 0 aliphatic carbocycles. The Kier molecular flexibility index (Phi) is 6.92. The van der Waals surface area contributed by atoms with Gasteiger partial charge in [-0.25, -0.2) is 4.98 Å². The van der Waals surface area contributed by atoms with Crippen LogP contribution in [0.1, 0.15) is 17.1 Å². The van der Waals surface area contributed by atoms with Gasteiger partial charge in [-0.15, -0.1) is 0 Å². The van der Waals surface area contributed by atoms with Gasteiger partial charge in [0.1, 0.15) is 5.82 Å². The highest BCUT2D eigenvalue weighted by Gasteiger charge is 2.10. The lowest BCUT2D eigenvalue weighted by atomic mass is 10.2. The molecule has 0 aliphatic rings. The molecule has 0 saturated heterocycles. The van der Waals surface area contributed by atoms with Crippen LogP contribution in [0.25, 0.3) is 0 Å². The average Bonchev–Trinajstić information content (AvgIpc) is 3.25. The molecule has 0 atom stereocenters. The van der Waals surface area contributed by atoms with Crippen LogP contribution in [0.2, 0.25) is 0 Å². The van der Waals surface area contributed by atoms with Crippen molar-refractivity contribution < 1.29 is 0 Å². The number of hydrogen-bond donors (Lipinski definition) is 1. The zero-order valence-electron chi connectivity index (χ0n) is 16.6. The first-order valence-electron chi connectivity index (χ1n) is 9.33. The van der Waals surface area contributed by atoms with Crippen molar-refractivity contribution >= 4 is 21.9 Å². The minimum Gasteiger partial charge on any atom is -0.356 e. The molecule has 148 valence electrons. The van der Waals surface area contributed by atoms with E-state index in [1.54, 1.807) is 0 Å². The Hall–Kier alpha value is -2.54. The van der Waals surface area contributed by atoms with Gasteiger partial charge in [-0.3, -0.25) is 4.99 Å². The first kappa shape index (κ1) is 20.2. The van der Waals surface area contributed by atoms with Crippen LogP contribution in [0, 0.1) is 0 Å². The molecule has 0 bridgehead atoms. The normalized spacial score (nSPS) is 11.6. The fourth-order valence-corrected chi connectivity index (χ4v) is 3.78. The number of guanidine groups is 1. The topological polar surface area (TPSA) is 50.4 Å². The standard InChI is InChI=1S/C21H27BrN6/c1-23-21(27(3)16-19-13-18(22)15-26(19)2)25-10-9-20-24-11-12-28(20)14-17-7-5-4-6-8-17/h4-8,11-13,15H,9-10,14,16H2,1-3H3,(H,23,25). The second-order valence-electron chi connectivity index (χ2n) is 6.80. The van der Waals surface area contributed by atoms with Crippen LogP contribution >= 0.6 is 15.9 Å². The third-order valence-corrected chi connectivity index (χ3v) is 5.11. The summed E-state index contributed by atoms with van der Waals surface area (Å²) >= 11 is 3.53. The Bertz CT molecular complexity index is 912. The average molecular weight is 443 g/mol. The molecular weight excluding hydrogens is 416 g/mol. The summed E-state index contributed by atoms with van der Waals surface area (Å²) in [5, 5.41) is 3.45. The van der Waals surface area contributed by atoms with Crippen LogP contribution < -0.4 is 5.32 Å². The third kappa shape index (κ3) is 5.25. The van der Waals surface area contributed by atoms with Crippen molar-refractivity contribution in [3.63, 3.8) is 0 Å². The molecule has 0 spiro atoms. The van der Waals surface area contributed by atoms with Gasteiger partial charge in [0.05, 0.1) is 6.54 Å². The fourth-order valence-electron chi connectivity index (χ4n) is 3.20. The summed E-state index contributed by atoms with van der Waals surface area (Å²) in [6, 6.07) is 12.6. The summed E-state index contributed by atoms with van der Waals surface area (Å²) in [6.45, 7) is 2.40. The smallest absolute Gasteiger partial charge is 0.193 e. The van der Waals surface area contributed by atoms with Crippen LogP contribution in [-0.4, -0.2) is 45.6 Å². The molecule has 28 heavy (non-hydrogen) atoms. The Labute approximate surface area is 175 Å². The van der Waals surface area contributed by atoms with E-state index in [0.717, 1.165) is 42.3 Å². The monoisotopic (exact) mass is 442 g/mol. The van der Waals surface area contributed by atoms with E-state index in [2.05, 4.69) is 88.8 Å². The zero-order chi connectivity index (χ0) is 19.9. The van der Waals surface area contributed by atoms with Crippen molar-refractivity contribution in [2.75, 3.05) is 20.6 Å². The quantitative estimate of drug-likeness (QED) is 0.451. The summed E-state index contributed by atoms with van der Waals surface area (Å²) in [5.41, 5.74) is 2.50. The van der Waals surface area contributed by atoms with Gasteiger partial charge in [-0.1, -0.05) is 30.3 Å². The zero-order valence-corrected chi connectivity index (χ0v) is 18.2. The lowest BCUT2D eigenvalue weighted by molar-refractivity contribution is 0.461. The van der Waals surface area contributed by atoms with Crippen LogP contribution in [0.4, 0.5) is 0 Å². The number of nitrogens with zero attached hydrogens (tertiary/aromatic N) is 5. The molecule has 2 heterocycles. The van der Waals surface area contributed by atoms with Gasteiger partial charge in [-0.2, -0.15) is 0 Å². The van der Waals surface area contributed by atoms with Gasteiger partial charge < -0.3 is 19.4 Å². The largest absolute Gasteiger partial charge is 0.356 e. The molecule has 0 saturated carbocycles. The highest BCUT2D eigenvalue weighted by Crippen LogP contribution is 2.15. The number of aryl methyl sites for hydroxylation is 1. The number of rotatable bonds is 7. The van der Waals surface area contributed by atoms with Gasteiger partial charge >= 0.3 is 0 Å². The number of imidazole rings is 1. The minimum atomic E-state index is 0.777. The summed E-state index contributed by atoms with van der Waals surface area (Å²) in [6.07, 6.45) is 6.80. The van der Waals surface area contributed by atoms with E-state index >= 15 is 0 Å². The molecule has 7 heteroatoms. The molecule has 0 aliphatic heterocycles. The third-order valence-electron chi connectivity index (χ3n) is 4.68. The van der Waals surface area contributed by atoms with Gasteiger partial charge in [0.2, 0.25) is 0 Å². The number of nitrogens with one attached hydrogen (secondary N) is 1. The van der Waals surface area contributed by atoms with Gasteiger partial charge in [-0.05, 0) is 27.6 Å². The van der Waals surface area contributed by atoms with Crippen LogP contribution in [0.15, 0.2) is 64.5 Å². The number of benzene rings is 1. The predicted molar refractivity (Wildman–Crippen MR) is 117 cm³/mol. The number of aromatic nitrogens is 3. The number of hydrogen-bond acceptors (Lipinski definition) is 2. The van der Waals surface area contributed by atoms with Crippen molar-refractivity contribution in [3.8, 4) is 0 Å². The maximum absolute atomic E-state index is 4.52. The van der Waals surface area contributed by atoms with E-state index in [9.17, 15) is 0 Å². The number of halogens is 1. The fraction of sp³-hybridized carbons (Fsp3) is 0.333. The van der Waals surface area contributed by atoms with Crippen LogP contribution in [0.3, 0.4) is 0 Å². The van der Waals surface area contributed by atoms with Crippen molar-refractivity contribution in [1.82, 2.24) is 24.3 Å². The SMILES string of the molecule is CN=C(NCCc1nccn1Cc1ccccc1)N(C)Cc1cc(Br)cn1C. The summed E-state index contributed by atoms with van der Waals surface area (Å²) < 4.78 is 5.41. The lowest BCUT2D eigenvalue weighted by Gasteiger charge is -2.22. The first-order chi connectivity index (χ1) is 13.6. The molecule has 6 nitrogen and oxygen atoms in total. The first-order valence-corrected chi connectivity index (χ1v) is 10.1. The molecule has 0 fully saturated rings. The Morgan fingerprint density at radius 3 is 2.75 bits per heavy atom. The Morgan fingerprint density at radius 1 is 1.29 bits per heavy atom. The molecule has 3 aromatic rings. The molecule has 1 N–H and O–H groups in total. The van der Waals surface area contributed by atoms with E-state index in [0.29, 0.717) is 0 Å². The van der Waals surface area contributed by atoms with Gasteiger partial charge in [0.15, 0.2) is 5.96 Å². The molecular formula is C21H27BrN6. The van der Waals surface area contributed by atoms with Crippen molar-refractivity contribution in [1.29, 1.82) is 0 Å². The van der Waals surface area contributed by atoms with E-state index in [4.69, 9.17) is 0 Å². The summed E-state index contributed by atoms with van der Waals surface area (Å²) in [7, 11) is 5.92. The van der Waals surface area contributed by atoms with Gasteiger partial charge in [0.25, 0.3) is 0 Å². The molecule has 0 radical (unpaired) electrons. The summed E-state index contributed by atoms with van der Waals surface area (Å²) in [5.74, 6) is 1.94. The second kappa shape index (κ2) is 9.59. The summed E-state index contributed by atoms with van der Waals surface area (Å²) in [4.78, 5) is 11.1. The van der Waals surface area contributed by atoms with Crippen molar-refractivity contribution in [3.05, 3.63) is 76.5 Å². The molecule has 0 unspecified atom stereocenters. The Balaban J connectivity index is 1.54. The second-order valence-corrected chi connectivity index (χ2v) is 7.71. The van der Waals surface area contributed by atoms with E-state index in [-0.39, 0.29) is 0 Å². The molecule has 0 amide bonds. The van der Waals surface area contributed by atoms with E-state index in [1.165, 1.54) is 11.3 Å². The minimum absolute atomic E-state index is 0.777.